The molecular formula is C12H17Br2N. The van der Waals surface area contributed by atoms with E-state index >= 15 is 0 Å². The van der Waals surface area contributed by atoms with E-state index in [9.17, 15) is 0 Å². The van der Waals surface area contributed by atoms with Gasteiger partial charge in [-0.05, 0) is 46.5 Å². The van der Waals surface area contributed by atoms with Crippen LogP contribution >= 0.6 is 31.9 Å². The fourth-order valence-corrected chi connectivity index (χ4v) is 2.71. The van der Waals surface area contributed by atoms with Gasteiger partial charge in [-0.3, -0.25) is 0 Å². The third kappa shape index (κ3) is 3.80. The Hall–Kier alpha value is -0.0200. The molecule has 0 aliphatic rings. The highest BCUT2D eigenvalue weighted by Gasteiger charge is 2.11. The molecule has 0 radical (unpaired) electrons. The highest BCUT2D eigenvalue weighted by Crippen LogP contribution is 2.27. The first kappa shape index (κ1) is 13.0. The molecule has 0 saturated heterocycles. The standard InChI is InChI=1S/C12H17Br2N/c1-4-11(8(2)3)15-12-6-5-9(13)7-10(12)14/h5-8,11,15H,4H2,1-3H3. The zero-order valence-electron chi connectivity index (χ0n) is 9.35. The normalized spacial score (nSPS) is 12.9. The molecule has 1 nitrogen and oxygen atoms in total. The van der Waals surface area contributed by atoms with Crippen molar-refractivity contribution in [2.75, 3.05) is 5.32 Å². The number of anilines is 1. The van der Waals surface area contributed by atoms with Crippen LogP contribution in [0.3, 0.4) is 0 Å². The van der Waals surface area contributed by atoms with E-state index in [1.54, 1.807) is 0 Å². The lowest BCUT2D eigenvalue weighted by Gasteiger charge is -2.22. The Kier molecular flexibility index (Phi) is 5.13. The van der Waals surface area contributed by atoms with E-state index in [2.05, 4.69) is 76.1 Å². The average Bonchev–Trinajstić information content (AvgIpc) is 2.16. The van der Waals surface area contributed by atoms with Crippen molar-refractivity contribution in [1.29, 1.82) is 0 Å². The van der Waals surface area contributed by atoms with Crippen LogP contribution in [0.2, 0.25) is 0 Å². The molecule has 1 atom stereocenters. The van der Waals surface area contributed by atoms with Gasteiger partial charge >= 0.3 is 0 Å². The van der Waals surface area contributed by atoms with Crippen molar-refractivity contribution in [2.45, 2.75) is 33.2 Å². The van der Waals surface area contributed by atoms with Gasteiger partial charge in [-0.1, -0.05) is 36.7 Å². The maximum absolute atomic E-state index is 3.56. The van der Waals surface area contributed by atoms with Gasteiger partial charge < -0.3 is 5.32 Å². The van der Waals surface area contributed by atoms with E-state index in [-0.39, 0.29) is 0 Å². The monoisotopic (exact) mass is 333 g/mol. The van der Waals surface area contributed by atoms with Gasteiger partial charge in [0, 0.05) is 20.7 Å². The quantitative estimate of drug-likeness (QED) is 0.811. The number of hydrogen-bond donors (Lipinski definition) is 1. The lowest BCUT2D eigenvalue weighted by atomic mass is 10.0. The van der Waals surface area contributed by atoms with Crippen LogP contribution in [0, 0.1) is 5.92 Å². The fraction of sp³-hybridized carbons (Fsp3) is 0.500. The smallest absolute Gasteiger partial charge is 0.0487 e. The van der Waals surface area contributed by atoms with Gasteiger partial charge in [0.25, 0.3) is 0 Å². The molecule has 15 heavy (non-hydrogen) atoms. The van der Waals surface area contributed by atoms with Gasteiger partial charge in [-0.2, -0.15) is 0 Å². The summed E-state index contributed by atoms with van der Waals surface area (Å²) in [4.78, 5) is 0. The van der Waals surface area contributed by atoms with Crippen molar-refractivity contribution < 1.29 is 0 Å². The molecule has 0 amide bonds. The fourth-order valence-electron chi connectivity index (χ4n) is 1.55. The Morgan fingerprint density at radius 3 is 2.40 bits per heavy atom. The zero-order valence-corrected chi connectivity index (χ0v) is 12.5. The highest BCUT2D eigenvalue weighted by atomic mass is 79.9. The molecular weight excluding hydrogens is 318 g/mol. The van der Waals surface area contributed by atoms with Crippen LogP contribution in [-0.4, -0.2) is 6.04 Å². The lowest BCUT2D eigenvalue weighted by molar-refractivity contribution is 0.511. The summed E-state index contributed by atoms with van der Waals surface area (Å²) >= 11 is 7.01. The first-order valence-corrected chi connectivity index (χ1v) is 6.84. The molecule has 1 aromatic rings. The zero-order chi connectivity index (χ0) is 11.4. The predicted octanol–water partition coefficient (Wildman–Crippen LogP) is 5.06. The molecule has 1 rings (SSSR count). The molecule has 0 bridgehead atoms. The van der Waals surface area contributed by atoms with Gasteiger partial charge in [0.05, 0.1) is 0 Å². The molecule has 84 valence electrons. The van der Waals surface area contributed by atoms with E-state index < -0.39 is 0 Å². The topological polar surface area (TPSA) is 12.0 Å². The van der Waals surface area contributed by atoms with E-state index in [1.807, 2.05) is 0 Å². The molecule has 3 heteroatoms. The lowest BCUT2D eigenvalue weighted by Crippen LogP contribution is -2.24. The SMILES string of the molecule is CCC(Nc1ccc(Br)cc1Br)C(C)C. The summed E-state index contributed by atoms with van der Waals surface area (Å²) in [5.74, 6) is 0.644. The summed E-state index contributed by atoms with van der Waals surface area (Å²) in [6, 6.07) is 6.75. The number of nitrogens with one attached hydrogen (secondary N) is 1. The predicted molar refractivity (Wildman–Crippen MR) is 74.4 cm³/mol. The van der Waals surface area contributed by atoms with Crippen LogP contribution in [0.4, 0.5) is 5.69 Å². The average molecular weight is 335 g/mol. The maximum Gasteiger partial charge on any atom is 0.0487 e. The van der Waals surface area contributed by atoms with Crippen molar-refractivity contribution >= 4 is 37.5 Å². The highest BCUT2D eigenvalue weighted by molar-refractivity contribution is 9.11. The second-order valence-corrected chi connectivity index (χ2v) is 5.80. The molecule has 1 aromatic carbocycles. The van der Waals surface area contributed by atoms with Gasteiger partial charge in [0.2, 0.25) is 0 Å². The van der Waals surface area contributed by atoms with Crippen molar-refractivity contribution in [3.63, 3.8) is 0 Å². The Morgan fingerprint density at radius 1 is 1.27 bits per heavy atom. The molecule has 1 N–H and O–H groups in total. The Balaban J connectivity index is 2.79. The molecule has 0 aliphatic heterocycles. The maximum atomic E-state index is 3.56. The Labute approximate surface area is 109 Å². The van der Waals surface area contributed by atoms with Crippen LogP contribution in [-0.2, 0) is 0 Å². The van der Waals surface area contributed by atoms with Crippen LogP contribution in [0.15, 0.2) is 27.1 Å². The summed E-state index contributed by atoms with van der Waals surface area (Å²) in [6.45, 7) is 6.70. The van der Waals surface area contributed by atoms with Gasteiger partial charge in [0.15, 0.2) is 0 Å². The number of halogens is 2. The molecule has 0 saturated carbocycles. The minimum absolute atomic E-state index is 0.530. The second-order valence-electron chi connectivity index (χ2n) is 4.03. The number of rotatable bonds is 4. The van der Waals surface area contributed by atoms with Crippen LogP contribution in [0.1, 0.15) is 27.2 Å². The van der Waals surface area contributed by atoms with Crippen molar-refractivity contribution in [3.05, 3.63) is 27.1 Å². The summed E-state index contributed by atoms with van der Waals surface area (Å²) in [5.41, 5.74) is 1.17. The Morgan fingerprint density at radius 2 is 1.93 bits per heavy atom. The molecule has 1 unspecified atom stereocenters. The van der Waals surface area contributed by atoms with Crippen molar-refractivity contribution in [3.8, 4) is 0 Å². The van der Waals surface area contributed by atoms with Gasteiger partial charge in [-0.25, -0.2) is 0 Å². The summed E-state index contributed by atoms with van der Waals surface area (Å²) < 4.78 is 2.20. The number of benzene rings is 1. The molecule has 0 aliphatic carbocycles. The molecule has 0 aromatic heterocycles. The van der Waals surface area contributed by atoms with Crippen molar-refractivity contribution in [2.24, 2.45) is 5.92 Å². The molecule has 0 spiro atoms. The minimum atomic E-state index is 0.530. The third-order valence-electron chi connectivity index (χ3n) is 2.52. The van der Waals surface area contributed by atoms with E-state index in [0.717, 1.165) is 15.4 Å². The molecule has 0 heterocycles. The van der Waals surface area contributed by atoms with Gasteiger partial charge in [0.1, 0.15) is 0 Å². The summed E-state index contributed by atoms with van der Waals surface area (Å²) in [7, 11) is 0. The van der Waals surface area contributed by atoms with Crippen LogP contribution in [0.25, 0.3) is 0 Å². The van der Waals surface area contributed by atoms with E-state index in [0.29, 0.717) is 12.0 Å². The minimum Gasteiger partial charge on any atom is -0.381 e. The first-order chi connectivity index (χ1) is 7.04. The number of hydrogen-bond acceptors (Lipinski definition) is 1. The Bertz CT molecular complexity index is 323. The first-order valence-electron chi connectivity index (χ1n) is 5.26. The van der Waals surface area contributed by atoms with E-state index in [1.165, 1.54) is 5.69 Å². The summed E-state index contributed by atoms with van der Waals surface area (Å²) in [6.07, 6.45) is 1.14. The second kappa shape index (κ2) is 5.90. The van der Waals surface area contributed by atoms with Crippen LogP contribution in [0.5, 0.6) is 0 Å². The van der Waals surface area contributed by atoms with Crippen LogP contribution < -0.4 is 5.32 Å². The van der Waals surface area contributed by atoms with Gasteiger partial charge in [-0.15, -0.1) is 0 Å². The largest absolute Gasteiger partial charge is 0.381 e. The molecule has 0 fully saturated rings. The van der Waals surface area contributed by atoms with Crippen molar-refractivity contribution in [1.82, 2.24) is 0 Å². The van der Waals surface area contributed by atoms with E-state index in [4.69, 9.17) is 0 Å². The summed E-state index contributed by atoms with van der Waals surface area (Å²) in [5, 5.41) is 3.56. The third-order valence-corrected chi connectivity index (χ3v) is 3.67.